The Morgan fingerprint density at radius 1 is 1.32 bits per heavy atom. The van der Waals surface area contributed by atoms with E-state index in [9.17, 15) is 9.59 Å². The van der Waals surface area contributed by atoms with Gasteiger partial charge in [0.1, 0.15) is 0 Å². The highest BCUT2D eigenvalue weighted by Gasteiger charge is 2.18. The molecule has 1 rings (SSSR count). The van der Waals surface area contributed by atoms with E-state index in [0.29, 0.717) is 25.1 Å². The fourth-order valence-electron chi connectivity index (χ4n) is 1.85. The number of rotatable bonds is 6. The Morgan fingerprint density at radius 3 is 2.58 bits per heavy atom. The highest BCUT2D eigenvalue weighted by Crippen LogP contribution is 2.12. The van der Waals surface area contributed by atoms with Crippen molar-refractivity contribution in [2.45, 2.75) is 13.3 Å². The molecule has 0 fully saturated rings. The van der Waals surface area contributed by atoms with Crippen LogP contribution in [0, 0.1) is 0 Å². The quantitative estimate of drug-likeness (QED) is 0.780. The van der Waals surface area contributed by atoms with Crippen LogP contribution >= 0.6 is 0 Å². The van der Waals surface area contributed by atoms with Gasteiger partial charge in [-0.3, -0.25) is 9.59 Å². The van der Waals surface area contributed by atoms with Gasteiger partial charge < -0.3 is 16.0 Å². The van der Waals surface area contributed by atoms with Crippen LogP contribution in [0.3, 0.4) is 0 Å². The van der Waals surface area contributed by atoms with Gasteiger partial charge in [-0.05, 0) is 31.5 Å². The monoisotopic (exact) mass is 263 g/mol. The van der Waals surface area contributed by atoms with Gasteiger partial charge in [0.15, 0.2) is 0 Å². The first-order valence-electron chi connectivity index (χ1n) is 6.41. The van der Waals surface area contributed by atoms with Crippen molar-refractivity contribution in [2.75, 3.05) is 26.7 Å². The highest BCUT2D eigenvalue weighted by atomic mass is 16.2. The van der Waals surface area contributed by atoms with E-state index >= 15 is 0 Å². The van der Waals surface area contributed by atoms with Crippen LogP contribution in [0.2, 0.25) is 0 Å². The number of likely N-dealkylation sites (N-methyl/N-ethyl adjacent to an activating group) is 2. The summed E-state index contributed by atoms with van der Waals surface area (Å²) in [4.78, 5) is 25.4. The van der Waals surface area contributed by atoms with Crippen LogP contribution in [0.1, 0.15) is 22.8 Å². The molecule has 3 N–H and O–H groups in total. The number of hydrogen-bond donors (Lipinski definition) is 2. The smallest absolute Gasteiger partial charge is 0.254 e. The first kappa shape index (κ1) is 15.2. The SMILES string of the molecule is CCN(CC(=O)NC)C(=O)c1ccccc1CCN. The molecule has 0 spiro atoms. The summed E-state index contributed by atoms with van der Waals surface area (Å²) >= 11 is 0. The highest BCUT2D eigenvalue weighted by molar-refractivity contribution is 5.97. The van der Waals surface area contributed by atoms with Crippen LogP contribution in [-0.4, -0.2) is 43.4 Å². The summed E-state index contributed by atoms with van der Waals surface area (Å²) in [5.74, 6) is -0.304. The van der Waals surface area contributed by atoms with Crippen LogP contribution in [0.4, 0.5) is 0 Å². The summed E-state index contributed by atoms with van der Waals surface area (Å²) in [5, 5.41) is 2.52. The number of nitrogens with two attached hydrogens (primary N) is 1. The molecular formula is C14H21N3O2. The Hall–Kier alpha value is -1.88. The zero-order valence-electron chi connectivity index (χ0n) is 11.5. The summed E-state index contributed by atoms with van der Waals surface area (Å²) in [6.45, 7) is 2.91. The fourth-order valence-corrected chi connectivity index (χ4v) is 1.85. The van der Waals surface area contributed by atoms with Crippen molar-refractivity contribution in [1.82, 2.24) is 10.2 Å². The maximum atomic E-state index is 12.4. The minimum Gasteiger partial charge on any atom is -0.358 e. The van der Waals surface area contributed by atoms with Crippen LogP contribution in [0.5, 0.6) is 0 Å². The first-order chi connectivity index (χ1) is 9.13. The predicted molar refractivity (Wildman–Crippen MR) is 74.8 cm³/mol. The maximum Gasteiger partial charge on any atom is 0.254 e. The summed E-state index contributed by atoms with van der Waals surface area (Å²) in [6, 6.07) is 7.38. The average molecular weight is 263 g/mol. The van der Waals surface area contributed by atoms with Crippen molar-refractivity contribution >= 4 is 11.8 Å². The predicted octanol–water partition coefficient (Wildman–Crippen LogP) is 0.396. The van der Waals surface area contributed by atoms with Crippen LogP contribution in [0.15, 0.2) is 24.3 Å². The van der Waals surface area contributed by atoms with Crippen molar-refractivity contribution in [3.05, 3.63) is 35.4 Å². The van der Waals surface area contributed by atoms with Crippen molar-refractivity contribution in [3.63, 3.8) is 0 Å². The van der Waals surface area contributed by atoms with Gasteiger partial charge >= 0.3 is 0 Å². The molecule has 5 nitrogen and oxygen atoms in total. The second-order valence-corrected chi connectivity index (χ2v) is 4.19. The van der Waals surface area contributed by atoms with Gasteiger partial charge in [-0.25, -0.2) is 0 Å². The number of nitrogens with zero attached hydrogens (tertiary/aromatic N) is 1. The molecule has 0 bridgehead atoms. The summed E-state index contributed by atoms with van der Waals surface area (Å²) < 4.78 is 0. The molecule has 19 heavy (non-hydrogen) atoms. The molecule has 0 radical (unpaired) electrons. The molecule has 0 atom stereocenters. The lowest BCUT2D eigenvalue weighted by molar-refractivity contribution is -0.121. The Labute approximate surface area is 113 Å². The molecule has 0 saturated carbocycles. The first-order valence-corrected chi connectivity index (χ1v) is 6.41. The van der Waals surface area contributed by atoms with Gasteiger partial charge in [0.2, 0.25) is 5.91 Å². The molecule has 0 saturated heterocycles. The summed E-state index contributed by atoms with van der Waals surface area (Å²) in [5.41, 5.74) is 7.10. The summed E-state index contributed by atoms with van der Waals surface area (Å²) in [6.07, 6.45) is 0.652. The van der Waals surface area contributed by atoms with Crippen molar-refractivity contribution < 1.29 is 9.59 Å². The van der Waals surface area contributed by atoms with E-state index in [1.807, 2.05) is 25.1 Å². The molecule has 0 heterocycles. The van der Waals surface area contributed by atoms with E-state index in [0.717, 1.165) is 5.56 Å². The number of benzene rings is 1. The van der Waals surface area contributed by atoms with Crippen LogP contribution in [-0.2, 0) is 11.2 Å². The third kappa shape index (κ3) is 4.06. The lowest BCUT2D eigenvalue weighted by atomic mass is 10.0. The van der Waals surface area contributed by atoms with E-state index in [2.05, 4.69) is 5.32 Å². The molecule has 0 aromatic heterocycles. The Morgan fingerprint density at radius 2 is 2.00 bits per heavy atom. The van der Waals surface area contributed by atoms with Crippen LogP contribution < -0.4 is 11.1 Å². The van der Waals surface area contributed by atoms with E-state index in [4.69, 9.17) is 5.73 Å². The maximum absolute atomic E-state index is 12.4. The minimum absolute atomic E-state index is 0.0722. The molecular weight excluding hydrogens is 242 g/mol. The Bertz CT molecular complexity index is 446. The van der Waals surface area contributed by atoms with Gasteiger partial charge in [0.25, 0.3) is 5.91 Å². The van der Waals surface area contributed by atoms with Gasteiger partial charge in [-0.1, -0.05) is 18.2 Å². The molecule has 0 unspecified atom stereocenters. The van der Waals surface area contributed by atoms with Crippen molar-refractivity contribution in [3.8, 4) is 0 Å². The number of carbonyl (C=O) groups is 2. The third-order valence-electron chi connectivity index (χ3n) is 2.94. The average Bonchev–Trinajstić information content (AvgIpc) is 2.44. The largest absolute Gasteiger partial charge is 0.358 e. The normalized spacial score (nSPS) is 10.1. The summed E-state index contributed by atoms with van der Waals surface area (Å²) in [7, 11) is 1.56. The van der Waals surface area contributed by atoms with Gasteiger partial charge in [0.05, 0.1) is 6.54 Å². The van der Waals surface area contributed by atoms with Gasteiger partial charge in [0, 0.05) is 19.2 Å². The van der Waals surface area contributed by atoms with E-state index in [-0.39, 0.29) is 18.4 Å². The lowest BCUT2D eigenvalue weighted by Gasteiger charge is -2.21. The fraction of sp³-hybridized carbons (Fsp3) is 0.429. The zero-order chi connectivity index (χ0) is 14.3. The molecule has 0 aliphatic heterocycles. The molecule has 1 aromatic carbocycles. The second kappa shape index (κ2) is 7.53. The standard InChI is InChI=1S/C14H21N3O2/c1-3-17(10-13(18)16-2)14(19)12-7-5-4-6-11(12)8-9-15/h4-7H,3,8-10,15H2,1-2H3,(H,16,18). The van der Waals surface area contributed by atoms with Crippen molar-refractivity contribution in [2.24, 2.45) is 5.73 Å². The number of hydrogen-bond acceptors (Lipinski definition) is 3. The Kier molecular flexibility index (Phi) is 6.02. The van der Waals surface area contributed by atoms with E-state index in [1.54, 1.807) is 13.1 Å². The molecule has 0 aliphatic rings. The molecule has 1 aromatic rings. The second-order valence-electron chi connectivity index (χ2n) is 4.19. The number of amides is 2. The van der Waals surface area contributed by atoms with Gasteiger partial charge in [-0.2, -0.15) is 0 Å². The topological polar surface area (TPSA) is 75.4 Å². The van der Waals surface area contributed by atoms with Crippen LogP contribution in [0.25, 0.3) is 0 Å². The van der Waals surface area contributed by atoms with E-state index < -0.39 is 0 Å². The third-order valence-corrected chi connectivity index (χ3v) is 2.94. The Balaban J connectivity index is 2.93. The van der Waals surface area contributed by atoms with Crippen molar-refractivity contribution in [1.29, 1.82) is 0 Å². The number of nitrogens with one attached hydrogen (secondary N) is 1. The molecule has 2 amide bonds. The molecule has 5 heteroatoms. The van der Waals surface area contributed by atoms with E-state index in [1.165, 1.54) is 4.90 Å². The minimum atomic E-state index is -0.175. The molecule has 104 valence electrons. The van der Waals surface area contributed by atoms with Gasteiger partial charge in [-0.15, -0.1) is 0 Å². The lowest BCUT2D eigenvalue weighted by Crippen LogP contribution is -2.39. The molecule has 0 aliphatic carbocycles. The zero-order valence-corrected chi connectivity index (χ0v) is 11.5. The number of carbonyl (C=O) groups excluding carboxylic acids is 2.